The predicted molar refractivity (Wildman–Crippen MR) is 62.3 cm³/mol. The highest BCUT2D eigenvalue weighted by Gasteiger charge is 2.07. The zero-order valence-electron chi connectivity index (χ0n) is 8.58. The van der Waals surface area contributed by atoms with Gasteiger partial charge in [0.25, 0.3) is 0 Å². The van der Waals surface area contributed by atoms with Gasteiger partial charge in [0, 0.05) is 11.8 Å². The van der Waals surface area contributed by atoms with Crippen LogP contribution in [0.2, 0.25) is 5.02 Å². The first-order valence-corrected chi connectivity index (χ1v) is 5.12. The second-order valence-electron chi connectivity index (χ2n) is 3.37. The molecular formula is C12H8ClF2NO. The van der Waals surface area contributed by atoms with E-state index in [1.165, 1.54) is 12.1 Å². The first-order chi connectivity index (χ1) is 8.06. The first kappa shape index (κ1) is 11.7. The van der Waals surface area contributed by atoms with Gasteiger partial charge in [0.15, 0.2) is 11.6 Å². The Morgan fingerprint density at radius 1 is 1.00 bits per heavy atom. The Balaban J connectivity index is 2.28. The fraction of sp³-hybridized carbons (Fsp3) is 0. The fourth-order valence-corrected chi connectivity index (χ4v) is 1.49. The van der Waals surface area contributed by atoms with Crippen LogP contribution in [0.1, 0.15) is 0 Å². The normalized spacial score (nSPS) is 10.3. The summed E-state index contributed by atoms with van der Waals surface area (Å²) in [6, 6.07) is 7.90. The summed E-state index contributed by atoms with van der Waals surface area (Å²) in [7, 11) is 0. The molecule has 0 atom stereocenters. The van der Waals surface area contributed by atoms with Gasteiger partial charge in [-0.15, -0.1) is 0 Å². The maximum Gasteiger partial charge on any atom is 0.162 e. The standard InChI is InChI=1S/C12H8ClF2NO/c13-9-5-7(16)1-4-12(9)17-8-2-3-10(14)11(15)6-8/h1-6H,16H2. The molecule has 0 unspecified atom stereocenters. The minimum absolute atomic E-state index is 0.163. The summed E-state index contributed by atoms with van der Waals surface area (Å²) in [5, 5.41) is 0.301. The highest BCUT2D eigenvalue weighted by atomic mass is 35.5. The number of anilines is 1. The topological polar surface area (TPSA) is 35.2 Å². The fourth-order valence-electron chi connectivity index (χ4n) is 1.27. The number of ether oxygens (including phenoxy) is 1. The Morgan fingerprint density at radius 3 is 2.41 bits per heavy atom. The molecule has 2 rings (SSSR count). The molecule has 0 heterocycles. The van der Waals surface area contributed by atoms with Crippen molar-refractivity contribution in [2.75, 3.05) is 5.73 Å². The molecule has 0 spiro atoms. The van der Waals surface area contributed by atoms with Crippen molar-refractivity contribution in [3.8, 4) is 11.5 Å². The molecule has 2 N–H and O–H groups in total. The van der Waals surface area contributed by atoms with E-state index in [1.807, 2.05) is 0 Å². The summed E-state index contributed by atoms with van der Waals surface area (Å²) in [5.74, 6) is -1.42. The van der Waals surface area contributed by atoms with E-state index in [4.69, 9.17) is 22.1 Å². The van der Waals surface area contributed by atoms with E-state index in [1.54, 1.807) is 12.1 Å². The zero-order valence-corrected chi connectivity index (χ0v) is 9.34. The van der Waals surface area contributed by atoms with Crippen molar-refractivity contribution < 1.29 is 13.5 Å². The van der Waals surface area contributed by atoms with Gasteiger partial charge in [-0.3, -0.25) is 0 Å². The molecule has 0 aliphatic rings. The van der Waals surface area contributed by atoms with Crippen LogP contribution in [0.5, 0.6) is 11.5 Å². The summed E-state index contributed by atoms with van der Waals surface area (Å²) >= 11 is 5.88. The van der Waals surface area contributed by atoms with Crippen LogP contribution in [0.25, 0.3) is 0 Å². The van der Waals surface area contributed by atoms with Crippen molar-refractivity contribution in [2.45, 2.75) is 0 Å². The molecule has 0 aliphatic heterocycles. The van der Waals surface area contributed by atoms with E-state index < -0.39 is 11.6 Å². The molecule has 2 aromatic rings. The molecule has 2 aromatic carbocycles. The average molecular weight is 256 g/mol. The quantitative estimate of drug-likeness (QED) is 0.824. The number of rotatable bonds is 2. The number of halogens is 3. The molecule has 0 saturated carbocycles. The monoisotopic (exact) mass is 255 g/mol. The van der Waals surface area contributed by atoms with Crippen LogP contribution in [0, 0.1) is 11.6 Å². The van der Waals surface area contributed by atoms with E-state index in [9.17, 15) is 8.78 Å². The van der Waals surface area contributed by atoms with Crippen molar-refractivity contribution in [2.24, 2.45) is 0 Å². The Morgan fingerprint density at radius 2 is 1.76 bits per heavy atom. The third-order valence-electron chi connectivity index (χ3n) is 2.07. The maximum absolute atomic E-state index is 12.9. The van der Waals surface area contributed by atoms with Crippen molar-refractivity contribution in [1.29, 1.82) is 0 Å². The molecule has 2 nitrogen and oxygen atoms in total. The van der Waals surface area contributed by atoms with Gasteiger partial charge in [-0.05, 0) is 30.3 Å². The van der Waals surface area contributed by atoms with Crippen LogP contribution in [-0.4, -0.2) is 0 Å². The van der Waals surface area contributed by atoms with E-state index in [0.717, 1.165) is 12.1 Å². The third-order valence-corrected chi connectivity index (χ3v) is 2.37. The van der Waals surface area contributed by atoms with Gasteiger partial charge in [0.2, 0.25) is 0 Å². The first-order valence-electron chi connectivity index (χ1n) is 4.74. The number of benzene rings is 2. The van der Waals surface area contributed by atoms with Crippen molar-refractivity contribution >= 4 is 17.3 Å². The Kier molecular flexibility index (Phi) is 3.15. The lowest BCUT2D eigenvalue weighted by Crippen LogP contribution is -1.90. The molecule has 0 aromatic heterocycles. The summed E-state index contributed by atoms with van der Waals surface area (Å²) in [4.78, 5) is 0. The van der Waals surface area contributed by atoms with Crippen molar-refractivity contribution in [1.82, 2.24) is 0 Å². The van der Waals surface area contributed by atoms with Crippen molar-refractivity contribution in [3.05, 3.63) is 53.1 Å². The van der Waals surface area contributed by atoms with E-state index >= 15 is 0 Å². The molecule has 17 heavy (non-hydrogen) atoms. The summed E-state index contributed by atoms with van der Waals surface area (Å²) in [6.07, 6.45) is 0. The summed E-state index contributed by atoms with van der Waals surface area (Å²) in [6.45, 7) is 0. The number of nitrogen functional groups attached to an aromatic ring is 1. The van der Waals surface area contributed by atoms with Crippen LogP contribution in [-0.2, 0) is 0 Å². The molecule has 0 saturated heterocycles. The van der Waals surface area contributed by atoms with Crippen LogP contribution in [0.3, 0.4) is 0 Å². The maximum atomic E-state index is 12.9. The van der Waals surface area contributed by atoms with Crippen LogP contribution < -0.4 is 10.5 Å². The van der Waals surface area contributed by atoms with Gasteiger partial charge in [0.05, 0.1) is 5.02 Å². The van der Waals surface area contributed by atoms with Gasteiger partial charge in [0.1, 0.15) is 11.5 Å². The summed E-state index contributed by atoms with van der Waals surface area (Å²) in [5.41, 5.74) is 6.01. The second-order valence-corrected chi connectivity index (χ2v) is 3.78. The number of hydrogen-bond acceptors (Lipinski definition) is 2. The molecule has 0 radical (unpaired) electrons. The molecule has 0 bridgehead atoms. The van der Waals surface area contributed by atoms with Crippen LogP contribution in [0.4, 0.5) is 14.5 Å². The molecule has 88 valence electrons. The number of hydrogen-bond donors (Lipinski definition) is 1. The molecule has 5 heteroatoms. The van der Waals surface area contributed by atoms with Gasteiger partial charge in [-0.2, -0.15) is 0 Å². The Bertz CT molecular complexity index is 560. The van der Waals surface area contributed by atoms with Crippen LogP contribution >= 0.6 is 11.6 Å². The third kappa shape index (κ3) is 2.65. The summed E-state index contributed by atoms with van der Waals surface area (Å²) < 4.78 is 30.9. The van der Waals surface area contributed by atoms with E-state index in [2.05, 4.69) is 0 Å². The molecule has 0 aliphatic carbocycles. The zero-order chi connectivity index (χ0) is 12.4. The Labute approximate surface area is 102 Å². The van der Waals surface area contributed by atoms with Gasteiger partial charge in [-0.25, -0.2) is 8.78 Å². The van der Waals surface area contributed by atoms with E-state index in [0.29, 0.717) is 16.5 Å². The molecular weight excluding hydrogens is 248 g/mol. The minimum Gasteiger partial charge on any atom is -0.456 e. The van der Waals surface area contributed by atoms with Crippen LogP contribution in [0.15, 0.2) is 36.4 Å². The van der Waals surface area contributed by atoms with Crippen molar-refractivity contribution in [3.63, 3.8) is 0 Å². The second kappa shape index (κ2) is 4.59. The lowest BCUT2D eigenvalue weighted by atomic mass is 10.3. The smallest absolute Gasteiger partial charge is 0.162 e. The largest absolute Gasteiger partial charge is 0.456 e. The predicted octanol–water partition coefficient (Wildman–Crippen LogP) is 3.99. The van der Waals surface area contributed by atoms with Gasteiger partial charge < -0.3 is 10.5 Å². The minimum atomic E-state index is -0.978. The lowest BCUT2D eigenvalue weighted by Gasteiger charge is -2.08. The number of nitrogens with two attached hydrogens (primary N) is 1. The average Bonchev–Trinajstić information content (AvgIpc) is 2.27. The Hall–Kier alpha value is -1.81. The molecule has 0 fully saturated rings. The van der Waals surface area contributed by atoms with Gasteiger partial charge >= 0.3 is 0 Å². The SMILES string of the molecule is Nc1ccc(Oc2ccc(F)c(F)c2)c(Cl)c1. The van der Waals surface area contributed by atoms with E-state index in [-0.39, 0.29) is 5.75 Å². The lowest BCUT2D eigenvalue weighted by molar-refractivity contribution is 0.462. The molecule has 0 amide bonds. The highest BCUT2D eigenvalue weighted by molar-refractivity contribution is 6.32. The highest BCUT2D eigenvalue weighted by Crippen LogP contribution is 2.31. The van der Waals surface area contributed by atoms with Gasteiger partial charge in [-0.1, -0.05) is 11.6 Å².